The minimum absolute atomic E-state index is 0.0338. The Morgan fingerprint density at radius 1 is 1.32 bits per heavy atom. The summed E-state index contributed by atoms with van der Waals surface area (Å²) < 4.78 is 5.09. The van der Waals surface area contributed by atoms with Gasteiger partial charge in [0.1, 0.15) is 0 Å². The fraction of sp³-hybridized carbons (Fsp3) is 0.571. The molecule has 0 atom stereocenters. The third kappa shape index (κ3) is 6.45. The van der Waals surface area contributed by atoms with Crippen LogP contribution in [0.1, 0.15) is 51.5 Å². The molecule has 0 aromatic heterocycles. The number of phenolic OH excluding ortho intramolecular Hbond substituents is 1. The summed E-state index contributed by atoms with van der Waals surface area (Å²) >= 11 is 0. The second kappa shape index (κ2) is 9.50. The Labute approximate surface area is 151 Å². The van der Waals surface area contributed by atoms with Crippen molar-refractivity contribution in [3.05, 3.63) is 35.9 Å². The normalized spacial score (nSPS) is 20.8. The number of benzene rings is 1. The molecule has 0 spiro atoms. The summed E-state index contributed by atoms with van der Waals surface area (Å²) in [5, 5.41) is 12.8. The molecular weight excluding hydrogens is 314 g/mol. The van der Waals surface area contributed by atoms with E-state index in [1.165, 1.54) is 7.11 Å². The van der Waals surface area contributed by atoms with Crippen LogP contribution in [0.15, 0.2) is 30.4 Å². The van der Waals surface area contributed by atoms with Gasteiger partial charge < -0.3 is 15.2 Å². The lowest BCUT2D eigenvalue weighted by Gasteiger charge is -2.27. The molecule has 0 radical (unpaired) electrons. The maximum atomic E-state index is 12.3. The lowest BCUT2D eigenvalue weighted by Crippen LogP contribution is -2.38. The molecule has 138 valence electrons. The second-order valence-electron chi connectivity index (χ2n) is 7.42. The number of ether oxygens (including phenoxy) is 1. The molecule has 1 aromatic carbocycles. The molecule has 1 fully saturated rings. The number of hydrogen-bond acceptors (Lipinski definition) is 3. The number of carbonyl (C=O) groups is 1. The maximum absolute atomic E-state index is 12.3. The van der Waals surface area contributed by atoms with Crippen molar-refractivity contribution >= 4 is 5.91 Å². The van der Waals surface area contributed by atoms with Crippen molar-refractivity contribution in [1.82, 2.24) is 5.32 Å². The monoisotopic (exact) mass is 345 g/mol. The molecule has 4 nitrogen and oxygen atoms in total. The van der Waals surface area contributed by atoms with Gasteiger partial charge in [0, 0.05) is 6.04 Å². The van der Waals surface area contributed by atoms with E-state index < -0.39 is 0 Å². The van der Waals surface area contributed by atoms with Crippen molar-refractivity contribution in [3.8, 4) is 11.5 Å². The average Bonchev–Trinajstić information content (AvgIpc) is 2.58. The number of amides is 1. The molecule has 0 saturated heterocycles. The highest BCUT2D eigenvalue weighted by molar-refractivity contribution is 5.79. The third-order valence-corrected chi connectivity index (χ3v) is 4.76. The van der Waals surface area contributed by atoms with E-state index in [1.54, 1.807) is 18.2 Å². The highest BCUT2D eigenvalue weighted by Crippen LogP contribution is 2.27. The van der Waals surface area contributed by atoms with Gasteiger partial charge in [-0.15, -0.1) is 0 Å². The van der Waals surface area contributed by atoms with E-state index in [1.807, 2.05) is 0 Å². The van der Waals surface area contributed by atoms with Crippen LogP contribution in [0.2, 0.25) is 0 Å². The van der Waals surface area contributed by atoms with E-state index in [-0.39, 0.29) is 17.7 Å². The number of methoxy groups -OCH3 is 1. The van der Waals surface area contributed by atoms with E-state index in [0.29, 0.717) is 24.0 Å². The van der Waals surface area contributed by atoms with E-state index in [4.69, 9.17) is 4.74 Å². The van der Waals surface area contributed by atoms with Crippen LogP contribution in [-0.2, 0) is 11.2 Å². The first-order valence-electron chi connectivity index (χ1n) is 9.29. The van der Waals surface area contributed by atoms with Crippen molar-refractivity contribution in [2.24, 2.45) is 11.8 Å². The van der Waals surface area contributed by atoms with Crippen LogP contribution in [0.5, 0.6) is 11.5 Å². The Balaban J connectivity index is 1.76. The van der Waals surface area contributed by atoms with Gasteiger partial charge >= 0.3 is 0 Å². The fourth-order valence-electron chi connectivity index (χ4n) is 3.30. The lowest BCUT2D eigenvalue weighted by atomic mass is 9.85. The molecule has 25 heavy (non-hydrogen) atoms. The van der Waals surface area contributed by atoms with Crippen molar-refractivity contribution in [3.63, 3.8) is 0 Å². The predicted molar refractivity (Wildman–Crippen MR) is 101 cm³/mol. The molecule has 0 unspecified atom stereocenters. The molecule has 2 rings (SSSR count). The number of aromatic hydroxyl groups is 1. The van der Waals surface area contributed by atoms with Gasteiger partial charge in [0.15, 0.2) is 11.5 Å². The number of carbonyl (C=O) groups excluding carboxylic acids is 1. The molecule has 1 aliphatic carbocycles. The maximum Gasteiger partial charge on any atom is 0.224 e. The standard InChI is InChI=1S/C21H31NO3/c1-15(2)5-4-6-16-7-10-18(11-8-16)22-21(24)14-17-9-12-19(23)20(13-17)25-3/h4,6,9,12-13,15-16,18,23H,5,7-8,10-11,14H2,1-3H3,(H,22,24)/b6-4-/t16-,18-. The minimum Gasteiger partial charge on any atom is -0.504 e. The summed E-state index contributed by atoms with van der Waals surface area (Å²) in [4.78, 5) is 12.3. The number of rotatable bonds is 7. The molecule has 1 saturated carbocycles. The van der Waals surface area contributed by atoms with Gasteiger partial charge in [0.25, 0.3) is 0 Å². The molecule has 4 heteroatoms. The van der Waals surface area contributed by atoms with Crippen LogP contribution < -0.4 is 10.1 Å². The Kier molecular flexibility index (Phi) is 7.35. The zero-order valence-corrected chi connectivity index (χ0v) is 15.6. The number of phenols is 1. The zero-order chi connectivity index (χ0) is 18.2. The third-order valence-electron chi connectivity index (χ3n) is 4.76. The minimum atomic E-state index is 0.0338. The summed E-state index contributed by atoms with van der Waals surface area (Å²) in [6.45, 7) is 4.47. The van der Waals surface area contributed by atoms with Crippen LogP contribution in [0, 0.1) is 11.8 Å². The Morgan fingerprint density at radius 3 is 2.68 bits per heavy atom. The van der Waals surface area contributed by atoms with Gasteiger partial charge in [0.05, 0.1) is 13.5 Å². The van der Waals surface area contributed by atoms with Crippen molar-refractivity contribution in [1.29, 1.82) is 0 Å². The molecular formula is C21H31NO3. The number of nitrogens with one attached hydrogen (secondary N) is 1. The summed E-state index contributed by atoms with van der Waals surface area (Å²) in [6.07, 6.45) is 10.5. The molecule has 1 aromatic rings. The van der Waals surface area contributed by atoms with Gasteiger partial charge in [-0.1, -0.05) is 32.1 Å². The Hall–Kier alpha value is -1.97. The predicted octanol–water partition coefficient (Wildman–Crippen LogP) is 4.22. The number of allylic oxidation sites excluding steroid dienone is 2. The summed E-state index contributed by atoms with van der Waals surface area (Å²) in [5.41, 5.74) is 0.845. The lowest BCUT2D eigenvalue weighted by molar-refractivity contribution is -0.121. The van der Waals surface area contributed by atoms with Crippen LogP contribution in [0.25, 0.3) is 0 Å². The van der Waals surface area contributed by atoms with Gasteiger partial charge in [-0.3, -0.25) is 4.79 Å². The highest BCUT2D eigenvalue weighted by atomic mass is 16.5. The zero-order valence-electron chi connectivity index (χ0n) is 15.6. The molecule has 0 aliphatic heterocycles. The largest absolute Gasteiger partial charge is 0.504 e. The molecule has 0 bridgehead atoms. The van der Waals surface area contributed by atoms with E-state index >= 15 is 0 Å². The van der Waals surface area contributed by atoms with E-state index in [2.05, 4.69) is 31.3 Å². The summed E-state index contributed by atoms with van der Waals surface area (Å²) in [7, 11) is 1.51. The summed E-state index contributed by atoms with van der Waals surface area (Å²) in [5.74, 6) is 1.90. The highest BCUT2D eigenvalue weighted by Gasteiger charge is 2.21. The smallest absolute Gasteiger partial charge is 0.224 e. The van der Waals surface area contributed by atoms with Gasteiger partial charge in [-0.2, -0.15) is 0 Å². The Morgan fingerprint density at radius 2 is 2.04 bits per heavy atom. The molecule has 1 aliphatic rings. The molecule has 1 amide bonds. The topological polar surface area (TPSA) is 58.6 Å². The van der Waals surface area contributed by atoms with E-state index in [0.717, 1.165) is 37.7 Å². The first kappa shape index (κ1) is 19.4. The van der Waals surface area contributed by atoms with Crippen molar-refractivity contribution in [2.75, 3.05) is 7.11 Å². The van der Waals surface area contributed by atoms with Gasteiger partial charge in [0.2, 0.25) is 5.91 Å². The Bertz CT molecular complexity index is 587. The first-order valence-corrected chi connectivity index (χ1v) is 9.29. The van der Waals surface area contributed by atoms with Crippen LogP contribution in [0.3, 0.4) is 0 Å². The van der Waals surface area contributed by atoms with Gasteiger partial charge in [-0.25, -0.2) is 0 Å². The average molecular weight is 345 g/mol. The fourth-order valence-corrected chi connectivity index (χ4v) is 3.30. The van der Waals surface area contributed by atoms with Gasteiger partial charge in [-0.05, 0) is 61.6 Å². The van der Waals surface area contributed by atoms with E-state index in [9.17, 15) is 9.90 Å². The number of hydrogen-bond donors (Lipinski definition) is 2. The van der Waals surface area contributed by atoms with Crippen molar-refractivity contribution < 1.29 is 14.6 Å². The van der Waals surface area contributed by atoms with Crippen LogP contribution in [-0.4, -0.2) is 24.2 Å². The first-order chi connectivity index (χ1) is 12.0. The SMILES string of the molecule is COc1cc(CC(=O)N[C@H]2CC[C@H](/C=C\CC(C)C)CC2)ccc1O. The molecule has 2 N–H and O–H groups in total. The molecule has 0 heterocycles. The van der Waals surface area contributed by atoms with Crippen LogP contribution in [0.4, 0.5) is 0 Å². The summed E-state index contributed by atoms with van der Waals surface area (Å²) in [6, 6.07) is 5.32. The van der Waals surface area contributed by atoms with Crippen molar-refractivity contribution in [2.45, 2.75) is 58.4 Å². The van der Waals surface area contributed by atoms with Crippen LogP contribution >= 0.6 is 0 Å². The second-order valence-corrected chi connectivity index (χ2v) is 7.42. The quantitative estimate of drug-likeness (QED) is 0.728.